The summed E-state index contributed by atoms with van der Waals surface area (Å²) in [5.74, 6) is -2.10. The molecule has 0 unspecified atom stereocenters. The lowest BCUT2D eigenvalue weighted by Gasteiger charge is -2.29. The second-order valence-corrected chi connectivity index (χ2v) is 5.78. The molecular formula is C16H24F2N2. The summed E-state index contributed by atoms with van der Waals surface area (Å²) < 4.78 is 27.8. The summed E-state index contributed by atoms with van der Waals surface area (Å²) in [4.78, 5) is 2.33. The molecule has 2 nitrogen and oxygen atoms in total. The SMILES string of the molecule is CN1CCC(CCNCC(F)(F)c2ccccc2)CC1. The lowest BCUT2D eigenvalue weighted by atomic mass is 9.94. The standard InChI is InChI=1S/C16H24F2N2/c1-20-11-8-14(9-12-20)7-10-19-13-16(17,18)15-5-3-2-4-6-15/h2-6,14,19H,7-13H2,1H3. The molecule has 0 aliphatic carbocycles. The van der Waals surface area contributed by atoms with Crippen LogP contribution in [-0.2, 0) is 5.92 Å². The first-order valence-corrected chi connectivity index (χ1v) is 7.40. The van der Waals surface area contributed by atoms with Crippen LogP contribution in [0.5, 0.6) is 0 Å². The molecule has 0 bridgehead atoms. The van der Waals surface area contributed by atoms with Gasteiger partial charge in [-0.3, -0.25) is 0 Å². The highest BCUT2D eigenvalue weighted by Crippen LogP contribution is 2.26. The van der Waals surface area contributed by atoms with Gasteiger partial charge in [0.1, 0.15) is 0 Å². The Morgan fingerprint density at radius 3 is 2.50 bits per heavy atom. The zero-order chi connectivity index (χ0) is 14.4. The number of alkyl halides is 2. The summed E-state index contributed by atoms with van der Waals surface area (Å²) in [7, 11) is 2.13. The molecule has 2 rings (SSSR count). The summed E-state index contributed by atoms with van der Waals surface area (Å²) >= 11 is 0. The van der Waals surface area contributed by atoms with Gasteiger partial charge < -0.3 is 10.2 Å². The van der Waals surface area contributed by atoms with E-state index in [2.05, 4.69) is 17.3 Å². The van der Waals surface area contributed by atoms with Crippen molar-refractivity contribution in [2.45, 2.75) is 25.2 Å². The quantitative estimate of drug-likeness (QED) is 0.807. The fourth-order valence-electron chi connectivity index (χ4n) is 2.69. The monoisotopic (exact) mass is 282 g/mol. The molecule has 1 fully saturated rings. The number of halogens is 2. The van der Waals surface area contributed by atoms with Gasteiger partial charge in [-0.2, -0.15) is 8.78 Å². The largest absolute Gasteiger partial charge is 0.311 e. The first-order valence-electron chi connectivity index (χ1n) is 7.40. The maximum atomic E-state index is 13.9. The molecule has 0 atom stereocenters. The third-order valence-corrected chi connectivity index (χ3v) is 4.11. The third-order valence-electron chi connectivity index (χ3n) is 4.11. The highest BCUT2D eigenvalue weighted by Gasteiger charge is 2.30. The van der Waals surface area contributed by atoms with E-state index in [4.69, 9.17) is 0 Å². The molecule has 0 saturated carbocycles. The van der Waals surface area contributed by atoms with Crippen LogP contribution in [0.4, 0.5) is 8.78 Å². The highest BCUT2D eigenvalue weighted by molar-refractivity contribution is 5.20. The predicted molar refractivity (Wildman–Crippen MR) is 78.0 cm³/mol. The molecule has 112 valence electrons. The van der Waals surface area contributed by atoms with Crippen LogP contribution in [0.25, 0.3) is 0 Å². The molecule has 1 aliphatic heterocycles. The second kappa shape index (κ2) is 7.14. The van der Waals surface area contributed by atoms with Crippen molar-refractivity contribution in [3.8, 4) is 0 Å². The summed E-state index contributed by atoms with van der Waals surface area (Å²) in [6, 6.07) is 8.04. The van der Waals surface area contributed by atoms with Gasteiger partial charge in [-0.15, -0.1) is 0 Å². The van der Waals surface area contributed by atoms with Crippen molar-refractivity contribution in [1.82, 2.24) is 10.2 Å². The second-order valence-electron chi connectivity index (χ2n) is 5.78. The fourth-order valence-corrected chi connectivity index (χ4v) is 2.69. The van der Waals surface area contributed by atoms with Gasteiger partial charge in [0.15, 0.2) is 0 Å². The van der Waals surface area contributed by atoms with Crippen molar-refractivity contribution in [2.75, 3.05) is 33.2 Å². The van der Waals surface area contributed by atoms with Crippen LogP contribution in [-0.4, -0.2) is 38.1 Å². The lowest BCUT2D eigenvalue weighted by Crippen LogP contribution is -2.34. The van der Waals surface area contributed by atoms with Crippen molar-refractivity contribution in [1.29, 1.82) is 0 Å². The molecule has 1 aromatic carbocycles. The van der Waals surface area contributed by atoms with Crippen molar-refractivity contribution in [2.24, 2.45) is 5.92 Å². The molecule has 20 heavy (non-hydrogen) atoms. The highest BCUT2D eigenvalue weighted by atomic mass is 19.3. The van der Waals surface area contributed by atoms with Gasteiger partial charge in [0.2, 0.25) is 0 Å². The normalized spacial score (nSPS) is 18.4. The Bertz CT molecular complexity index is 387. The van der Waals surface area contributed by atoms with E-state index < -0.39 is 5.92 Å². The van der Waals surface area contributed by atoms with Gasteiger partial charge in [-0.25, -0.2) is 0 Å². The van der Waals surface area contributed by atoms with E-state index in [0.717, 1.165) is 19.5 Å². The Kier molecular flexibility index (Phi) is 5.49. The molecule has 0 radical (unpaired) electrons. The van der Waals surface area contributed by atoms with Crippen LogP contribution in [0, 0.1) is 5.92 Å². The summed E-state index contributed by atoms with van der Waals surface area (Å²) in [5.41, 5.74) is 0.0896. The minimum Gasteiger partial charge on any atom is -0.311 e. The number of hydrogen-bond acceptors (Lipinski definition) is 2. The maximum absolute atomic E-state index is 13.9. The smallest absolute Gasteiger partial charge is 0.285 e. The molecule has 1 heterocycles. The number of piperidine rings is 1. The topological polar surface area (TPSA) is 15.3 Å². The molecular weight excluding hydrogens is 258 g/mol. The number of benzene rings is 1. The minimum absolute atomic E-state index is 0.0896. The number of rotatable bonds is 6. The predicted octanol–water partition coefficient (Wildman–Crippen LogP) is 3.10. The Labute approximate surface area is 120 Å². The molecule has 0 spiro atoms. The average molecular weight is 282 g/mol. The van der Waals surface area contributed by atoms with Gasteiger partial charge in [0.05, 0.1) is 6.54 Å². The van der Waals surface area contributed by atoms with Crippen LogP contribution < -0.4 is 5.32 Å². The fraction of sp³-hybridized carbons (Fsp3) is 0.625. The van der Waals surface area contributed by atoms with Crippen LogP contribution in [0.3, 0.4) is 0 Å². The van der Waals surface area contributed by atoms with Gasteiger partial charge in [-0.05, 0) is 51.9 Å². The van der Waals surface area contributed by atoms with Crippen molar-refractivity contribution >= 4 is 0 Å². The van der Waals surface area contributed by atoms with Crippen LogP contribution in [0.2, 0.25) is 0 Å². The van der Waals surface area contributed by atoms with Gasteiger partial charge in [0.25, 0.3) is 5.92 Å². The van der Waals surface area contributed by atoms with E-state index in [9.17, 15) is 8.78 Å². The molecule has 1 aromatic rings. The summed E-state index contributed by atoms with van der Waals surface area (Å²) in [6.07, 6.45) is 3.37. The van der Waals surface area contributed by atoms with Gasteiger partial charge in [-0.1, -0.05) is 30.3 Å². The van der Waals surface area contributed by atoms with Gasteiger partial charge in [0, 0.05) is 5.56 Å². The molecule has 4 heteroatoms. The molecule has 0 amide bonds. The number of hydrogen-bond donors (Lipinski definition) is 1. The number of nitrogens with zero attached hydrogens (tertiary/aromatic N) is 1. The third kappa shape index (κ3) is 4.53. The van der Waals surface area contributed by atoms with E-state index in [-0.39, 0.29) is 12.1 Å². The Hall–Kier alpha value is -1.00. The Morgan fingerprint density at radius 2 is 1.85 bits per heavy atom. The summed E-state index contributed by atoms with van der Waals surface area (Å²) in [6.45, 7) is 2.66. The van der Waals surface area contributed by atoms with Gasteiger partial charge >= 0.3 is 0 Å². The molecule has 1 N–H and O–H groups in total. The Morgan fingerprint density at radius 1 is 1.20 bits per heavy atom. The van der Waals surface area contributed by atoms with E-state index in [0.29, 0.717) is 12.5 Å². The van der Waals surface area contributed by atoms with Crippen LogP contribution >= 0.6 is 0 Å². The van der Waals surface area contributed by atoms with Crippen LogP contribution in [0.15, 0.2) is 30.3 Å². The van der Waals surface area contributed by atoms with E-state index in [1.54, 1.807) is 18.2 Å². The number of nitrogens with one attached hydrogen (secondary N) is 1. The lowest BCUT2D eigenvalue weighted by molar-refractivity contribution is -0.00336. The van der Waals surface area contributed by atoms with E-state index in [1.165, 1.54) is 25.0 Å². The Balaban J connectivity index is 1.68. The first-order chi connectivity index (χ1) is 9.58. The first kappa shape index (κ1) is 15.4. The van der Waals surface area contributed by atoms with Crippen molar-refractivity contribution in [3.05, 3.63) is 35.9 Å². The van der Waals surface area contributed by atoms with E-state index >= 15 is 0 Å². The molecule has 0 aromatic heterocycles. The summed E-state index contributed by atoms with van der Waals surface area (Å²) in [5, 5.41) is 2.92. The number of likely N-dealkylation sites (tertiary alicyclic amines) is 1. The minimum atomic E-state index is -2.78. The zero-order valence-electron chi connectivity index (χ0n) is 12.1. The zero-order valence-corrected chi connectivity index (χ0v) is 12.1. The van der Waals surface area contributed by atoms with E-state index in [1.807, 2.05) is 0 Å². The average Bonchev–Trinajstić information content (AvgIpc) is 2.46. The van der Waals surface area contributed by atoms with Crippen LogP contribution in [0.1, 0.15) is 24.8 Å². The maximum Gasteiger partial charge on any atom is 0.285 e. The van der Waals surface area contributed by atoms with Crippen molar-refractivity contribution < 1.29 is 8.78 Å². The molecule has 1 saturated heterocycles. The van der Waals surface area contributed by atoms with Crippen molar-refractivity contribution in [3.63, 3.8) is 0 Å². The molecule has 1 aliphatic rings.